The summed E-state index contributed by atoms with van der Waals surface area (Å²) in [7, 11) is -4.52. The van der Waals surface area contributed by atoms with Gasteiger partial charge in [-0.2, -0.15) is 26.3 Å². The number of fused-ring (bicyclic) bond motifs is 5. The van der Waals surface area contributed by atoms with Crippen LogP contribution in [-0.4, -0.2) is 35.5 Å². The topological polar surface area (TPSA) is 112 Å². The molecular weight excluding hydrogens is 442 g/mol. The Balaban J connectivity index is 2.28. The minimum absolute atomic E-state index is 0.0229. The summed E-state index contributed by atoms with van der Waals surface area (Å²) in [5.74, 6) is -2.24. The highest BCUT2D eigenvalue weighted by molar-refractivity contribution is 7.91. The number of pyridine rings is 1. The lowest BCUT2D eigenvalue weighted by molar-refractivity contribution is -0.194. The predicted octanol–water partition coefficient (Wildman–Crippen LogP) is 3.90. The molecule has 0 fully saturated rings. The Bertz CT molecular complexity index is 1060. The van der Waals surface area contributed by atoms with Crippen molar-refractivity contribution in [2.45, 2.75) is 55.4 Å². The largest absolute Gasteiger partial charge is 0.419 e. The van der Waals surface area contributed by atoms with E-state index in [1.54, 1.807) is 0 Å². The molecule has 1 aliphatic rings. The molecule has 0 spiro atoms. The minimum atomic E-state index is -5.08. The van der Waals surface area contributed by atoms with Gasteiger partial charge in [0.15, 0.2) is 20.6 Å². The van der Waals surface area contributed by atoms with Crippen LogP contribution in [0.5, 0.6) is 0 Å². The van der Waals surface area contributed by atoms with Crippen LogP contribution in [0.2, 0.25) is 0 Å². The van der Waals surface area contributed by atoms with Gasteiger partial charge in [0.2, 0.25) is 5.89 Å². The summed E-state index contributed by atoms with van der Waals surface area (Å²) in [6, 6.07) is 0.349. The summed E-state index contributed by atoms with van der Waals surface area (Å²) in [5.41, 5.74) is 0.172. The Morgan fingerprint density at radius 3 is 2.37 bits per heavy atom. The normalized spacial score (nSPS) is 22.6. The van der Waals surface area contributed by atoms with Crippen molar-refractivity contribution in [3.8, 4) is 11.6 Å². The zero-order valence-corrected chi connectivity index (χ0v) is 16.2. The molecule has 0 aliphatic carbocycles. The highest BCUT2D eigenvalue weighted by Gasteiger charge is 2.55. The smallest absolute Gasteiger partial charge is 0.418 e. The molecule has 3 rings (SSSR count). The zero-order valence-electron chi connectivity index (χ0n) is 15.4. The molecule has 2 aromatic heterocycles. The van der Waals surface area contributed by atoms with Gasteiger partial charge in [0, 0.05) is 0 Å². The molecule has 2 N–H and O–H groups in total. The van der Waals surface area contributed by atoms with Gasteiger partial charge >= 0.3 is 12.4 Å². The maximum absolute atomic E-state index is 13.7. The van der Waals surface area contributed by atoms with Crippen molar-refractivity contribution in [2.75, 3.05) is 11.5 Å². The highest BCUT2D eigenvalue weighted by atomic mass is 32.2. The first-order valence-electron chi connectivity index (χ1n) is 8.68. The molecule has 0 amide bonds. The molecule has 14 heteroatoms. The first kappa shape index (κ1) is 22.3. The molecule has 0 radical (unpaired) electrons. The molecule has 2 aromatic rings. The number of nitrogen functional groups attached to an aromatic ring is 1. The Morgan fingerprint density at radius 2 is 1.77 bits per heavy atom. The van der Waals surface area contributed by atoms with Crippen molar-refractivity contribution < 1.29 is 39.2 Å². The van der Waals surface area contributed by atoms with Gasteiger partial charge in [-0.15, -0.1) is 10.2 Å². The van der Waals surface area contributed by atoms with Gasteiger partial charge in [-0.05, 0) is 25.8 Å². The van der Waals surface area contributed by atoms with E-state index >= 15 is 0 Å². The lowest BCUT2D eigenvalue weighted by Crippen LogP contribution is -2.40. The van der Waals surface area contributed by atoms with Gasteiger partial charge in [0.1, 0.15) is 5.41 Å². The second-order valence-corrected chi connectivity index (χ2v) is 9.17. The van der Waals surface area contributed by atoms with E-state index in [4.69, 9.17) is 10.2 Å². The standard InChI is InChI=1S/C16H16F6N4O3S/c1-14(16(20,21)22)5-3-2-4-6-30(27,28)12-8(15(17,18)19)7-9(23)10(24-12)11-25-26-13(14)29-11/h7H,2-6,23H2,1H3. The molecule has 30 heavy (non-hydrogen) atoms. The van der Waals surface area contributed by atoms with Crippen molar-refractivity contribution >= 4 is 15.5 Å². The third kappa shape index (κ3) is 3.84. The van der Waals surface area contributed by atoms with E-state index in [-0.39, 0.29) is 19.3 Å². The lowest BCUT2D eigenvalue weighted by Gasteiger charge is -2.28. The number of nitrogens with zero attached hydrogens (tertiary/aromatic N) is 3. The van der Waals surface area contributed by atoms with Crippen LogP contribution in [0.3, 0.4) is 0 Å². The number of nitrogens with two attached hydrogens (primary N) is 1. The van der Waals surface area contributed by atoms with Gasteiger partial charge < -0.3 is 10.2 Å². The molecule has 1 unspecified atom stereocenters. The van der Waals surface area contributed by atoms with Crippen LogP contribution in [0.1, 0.15) is 44.1 Å². The van der Waals surface area contributed by atoms with E-state index in [1.165, 1.54) is 0 Å². The second kappa shape index (κ2) is 7.10. The summed E-state index contributed by atoms with van der Waals surface area (Å²) in [5, 5.41) is 5.55. The fourth-order valence-corrected chi connectivity index (χ4v) is 4.60. The third-order valence-electron chi connectivity index (χ3n) is 4.93. The first-order chi connectivity index (χ1) is 13.7. The van der Waals surface area contributed by atoms with Crippen molar-refractivity contribution in [2.24, 2.45) is 0 Å². The molecule has 0 saturated heterocycles. The van der Waals surface area contributed by atoms with Crippen LogP contribution in [-0.2, 0) is 21.4 Å². The summed E-state index contributed by atoms with van der Waals surface area (Å²) in [4.78, 5) is 3.50. The number of hydrogen-bond acceptors (Lipinski definition) is 7. The number of aromatic nitrogens is 3. The first-order valence-corrected chi connectivity index (χ1v) is 10.3. The van der Waals surface area contributed by atoms with Crippen LogP contribution >= 0.6 is 0 Å². The number of sulfone groups is 1. The van der Waals surface area contributed by atoms with Crippen LogP contribution in [0, 0.1) is 0 Å². The fraction of sp³-hybridized carbons (Fsp3) is 0.562. The van der Waals surface area contributed by atoms with Crippen LogP contribution in [0.15, 0.2) is 15.5 Å². The number of halogens is 6. The van der Waals surface area contributed by atoms with Gasteiger partial charge in [0.25, 0.3) is 5.89 Å². The molecular formula is C16H16F6N4O3S. The SMILES string of the molecule is CC1(C(F)(F)F)CCCCCS(=O)(=O)c2nc(c(N)cc2C(F)(F)F)-c2nnc1o2. The zero-order chi connectivity index (χ0) is 22.5. The van der Waals surface area contributed by atoms with Crippen LogP contribution < -0.4 is 5.73 Å². The van der Waals surface area contributed by atoms with E-state index in [0.29, 0.717) is 6.07 Å². The molecule has 3 heterocycles. The summed E-state index contributed by atoms with van der Waals surface area (Å²) < 4.78 is 112. The Kier molecular flexibility index (Phi) is 5.28. The van der Waals surface area contributed by atoms with E-state index in [1.807, 2.05) is 0 Å². The summed E-state index contributed by atoms with van der Waals surface area (Å²) >= 11 is 0. The molecule has 166 valence electrons. The molecule has 0 saturated carbocycles. The van der Waals surface area contributed by atoms with E-state index in [0.717, 1.165) is 6.92 Å². The lowest BCUT2D eigenvalue weighted by atomic mass is 9.83. The monoisotopic (exact) mass is 458 g/mol. The van der Waals surface area contributed by atoms with Gasteiger partial charge in [-0.3, -0.25) is 0 Å². The second-order valence-electron chi connectivity index (χ2n) is 7.15. The highest BCUT2D eigenvalue weighted by Crippen LogP contribution is 2.45. The maximum Gasteiger partial charge on any atom is 0.419 e. The molecule has 1 atom stereocenters. The molecule has 7 nitrogen and oxygen atoms in total. The number of rotatable bonds is 0. The fourth-order valence-electron chi connectivity index (χ4n) is 3.08. The van der Waals surface area contributed by atoms with Crippen LogP contribution in [0.25, 0.3) is 11.6 Å². The van der Waals surface area contributed by atoms with Gasteiger partial charge in [-0.1, -0.05) is 12.8 Å². The van der Waals surface area contributed by atoms with E-state index in [2.05, 4.69) is 15.2 Å². The molecule has 0 aromatic carbocycles. The van der Waals surface area contributed by atoms with Crippen molar-refractivity contribution in [1.29, 1.82) is 0 Å². The third-order valence-corrected chi connectivity index (χ3v) is 6.66. The van der Waals surface area contributed by atoms with Gasteiger partial charge in [0.05, 0.1) is 17.0 Å². The molecule has 1 aliphatic heterocycles. The molecule has 4 bridgehead atoms. The van der Waals surface area contributed by atoms with Crippen LogP contribution in [0.4, 0.5) is 32.0 Å². The Morgan fingerprint density at radius 1 is 1.10 bits per heavy atom. The quantitative estimate of drug-likeness (QED) is 0.596. The predicted molar refractivity (Wildman–Crippen MR) is 90.9 cm³/mol. The van der Waals surface area contributed by atoms with Crippen molar-refractivity contribution in [3.05, 3.63) is 17.5 Å². The summed E-state index contributed by atoms with van der Waals surface area (Å²) in [6.45, 7) is 0.857. The van der Waals surface area contributed by atoms with E-state index in [9.17, 15) is 34.8 Å². The average molecular weight is 458 g/mol. The average Bonchev–Trinajstić information content (AvgIpc) is 3.08. The minimum Gasteiger partial charge on any atom is -0.418 e. The van der Waals surface area contributed by atoms with E-state index < -0.39 is 73.5 Å². The van der Waals surface area contributed by atoms with Crippen molar-refractivity contribution in [3.63, 3.8) is 0 Å². The van der Waals surface area contributed by atoms with Gasteiger partial charge in [-0.25, -0.2) is 13.4 Å². The summed E-state index contributed by atoms with van der Waals surface area (Å²) in [6.07, 6.45) is -10.5. The van der Waals surface area contributed by atoms with Crippen molar-refractivity contribution in [1.82, 2.24) is 15.2 Å². The maximum atomic E-state index is 13.7. The number of alkyl halides is 6. The number of anilines is 1. The number of hydrogen-bond donors (Lipinski definition) is 1. The Labute approximate surface area is 166 Å². The Hall–Kier alpha value is -2.38.